The molecule has 1 N–H and O–H groups in total. The van der Waals surface area contributed by atoms with Gasteiger partial charge in [0.25, 0.3) is 0 Å². The summed E-state index contributed by atoms with van der Waals surface area (Å²) in [5.41, 5.74) is 0. The van der Waals surface area contributed by atoms with Crippen LogP contribution in [0.2, 0.25) is 0 Å². The summed E-state index contributed by atoms with van der Waals surface area (Å²) in [6.07, 6.45) is 3.87. The molecule has 1 saturated heterocycles. The molecule has 3 unspecified atom stereocenters. The molecular weight excluding hydrogens is 260 g/mol. The Balaban J connectivity index is 1.88. The first-order valence-electron chi connectivity index (χ1n) is 7.66. The Labute approximate surface area is 117 Å². The Morgan fingerprint density at radius 1 is 1.21 bits per heavy atom. The summed E-state index contributed by atoms with van der Waals surface area (Å²) in [5.74, 6) is 2.19. The molecular formula is C14H28N2O2S. The van der Waals surface area contributed by atoms with Gasteiger partial charge in [0.15, 0.2) is 9.84 Å². The van der Waals surface area contributed by atoms with E-state index in [-0.39, 0.29) is 0 Å². The van der Waals surface area contributed by atoms with Crippen molar-refractivity contribution in [3.63, 3.8) is 0 Å². The van der Waals surface area contributed by atoms with E-state index in [0.29, 0.717) is 23.5 Å². The highest BCUT2D eigenvalue weighted by molar-refractivity contribution is 7.91. The fraction of sp³-hybridized carbons (Fsp3) is 1.00. The van der Waals surface area contributed by atoms with Gasteiger partial charge in [0, 0.05) is 25.7 Å². The van der Waals surface area contributed by atoms with Gasteiger partial charge < -0.3 is 10.2 Å². The van der Waals surface area contributed by atoms with E-state index in [1.54, 1.807) is 0 Å². The Morgan fingerprint density at radius 2 is 1.89 bits per heavy atom. The number of nitrogens with one attached hydrogen (secondary N) is 1. The maximum Gasteiger partial charge on any atom is 0.152 e. The summed E-state index contributed by atoms with van der Waals surface area (Å²) in [4.78, 5) is 2.36. The fourth-order valence-corrected chi connectivity index (χ4v) is 4.77. The zero-order valence-electron chi connectivity index (χ0n) is 12.3. The van der Waals surface area contributed by atoms with E-state index in [9.17, 15) is 8.42 Å². The smallest absolute Gasteiger partial charge is 0.152 e. The SMILES string of the molecule is CCNC1CCC(C)CC1CN1CCS(=O)(=O)CC1. The van der Waals surface area contributed by atoms with Gasteiger partial charge in [0.05, 0.1) is 11.5 Å². The summed E-state index contributed by atoms with van der Waals surface area (Å²) >= 11 is 0. The van der Waals surface area contributed by atoms with Crippen LogP contribution in [0.3, 0.4) is 0 Å². The second-order valence-electron chi connectivity index (χ2n) is 6.29. The molecule has 1 aliphatic heterocycles. The summed E-state index contributed by atoms with van der Waals surface area (Å²) in [7, 11) is -2.75. The molecule has 0 bridgehead atoms. The highest BCUT2D eigenvalue weighted by Gasteiger charge is 2.31. The topological polar surface area (TPSA) is 49.4 Å². The van der Waals surface area contributed by atoms with Crippen molar-refractivity contribution in [2.45, 2.75) is 39.2 Å². The lowest BCUT2D eigenvalue weighted by molar-refractivity contribution is 0.151. The van der Waals surface area contributed by atoms with Crippen molar-refractivity contribution >= 4 is 9.84 Å². The third-order valence-corrected chi connectivity index (χ3v) is 6.25. The second kappa shape index (κ2) is 6.55. The van der Waals surface area contributed by atoms with Crippen LogP contribution in [0.25, 0.3) is 0 Å². The van der Waals surface area contributed by atoms with Gasteiger partial charge in [-0.05, 0) is 37.6 Å². The van der Waals surface area contributed by atoms with E-state index >= 15 is 0 Å². The number of rotatable bonds is 4. The molecule has 1 aliphatic carbocycles. The first kappa shape index (κ1) is 15.3. The molecule has 0 aromatic heterocycles. The van der Waals surface area contributed by atoms with E-state index in [1.165, 1.54) is 19.3 Å². The lowest BCUT2D eigenvalue weighted by Gasteiger charge is -2.39. The fourth-order valence-electron chi connectivity index (χ4n) is 3.50. The van der Waals surface area contributed by atoms with Crippen LogP contribution in [0.4, 0.5) is 0 Å². The second-order valence-corrected chi connectivity index (χ2v) is 8.60. The highest BCUT2D eigenvalue weighted by Crippen LogP contribution is 2.30. The molecule has 4 nitrogen and oxygen atoms in total. The number of hydrogen-bond donors (Lipinski definition) is 1. The third-order valence-electron chi connectivity index (χ3n) is 4.64. The molecule has 0 aromatic carbocycles. The number of sulfone groups is 1. The normalized spacial score (nSPS) is 36.2. The Hall–Kier alpha value is -0.130. The van der Waals surface area contributed by atoms with Crippen LogP contribution in [0.1, 0.15) is 33.1 Å². The van der Waals surface area contributed by atoms with E-state index < -0.39 is 9.84 Å². The lowest BCUT2D eigenvalue weighted by Crippen LogP contribution is -2.49. The maximum absolute atomic E-state index is 11.5. The van der Waals surface area contributed by atoms with Crippen LogP contribution in [0.15, 0.2) is 0 Å². The van der Waals surface area contributed by atoms with Gasteiger partial charge in [-0.25, -0.2) is 8.42 Å². The van der Waals surface area contributed by atoms with Crippen LogP contribution in [0, 0.1) is 11.8 Å². The van der Waals surface area contributed by atoms with Gasteiger partial charge in [0.2, 0.25) is 0 Å². The van der Waals surface area contributed by atoms with Crippen molar-refractivity contribution in [3.8, 4) is 0 Å². The minimum Gasteiger partial charge on any atom is -0.314 e. The molecule has 2 rings (SSSR count). The van der Waals surface area contributed by atoms with E-state index in [0.717, 1.165) is 32.1 Å². The Kier molecular flexibility index (Phi) is 5.26. The minimum atomic E-state index is -2.75. The lowest BCUT2D eigenvalue weighted by atomic mass is 9.78. The zero-order valence-corrected chi connectivity index (χ0v) is 13.1. The monoisotopic (exact) mass is 288 g/mol. The van der Waals surface area contributed by atoms with Gasteiger partial charge in [-0.15, -0.1) is 0 Å². The van der Waals surface area contributed by atoms with Crippen LogP contribution < -0.4 is 5.32 Å². The summed E-state index contributed by atoms with van der Waals surface area (Å²) < 4.78 is 22.9. The molecule has 112 valence electrons. The van der Waals surface area contributed by atoms with Gasteiger partial charge in [-0.1, -0.05) is 13.8 Å². The average Bonchev–Trinajstić information content (AvgIpc) is 2.35. The number of nitrogens with zero attached hydrogens (tertiary/aromatic N) is 1. The predicted octanol–water partition coefficient (Wildman–Crippen LogP) is 1.13. The third kappa shape index (κ3) is 4.43. The van der Waals surface area contributed by atoms with Gasteiger partial charge in [-0.2, -0.15) is 0 Å². The first-order chi connectivity index (χ1) is 9.00. The Morgan fingerprint density at radius 3 is 2.53 bits per heavy atom. The quantitative estimate of drug-likeness (QED) is 0.842. The molecule has 5 heteroatoms. The van der Waals surface area contributed by atoms with E-state index in [4.69, 9.17) is 0 Å². The van der Waals surface area contributed by atoms with Crippen molar-refractivity contribution in [2.75, 3.05) is 37.7 Å². The molecule has 2 aliphatic rings. The van der Waals surface area contributed by atoms with Gasteiger partial charge in [0.1, 0.15) is 0 Å². The standard InChI is InChI=1S/C14H28N2O2S/c1-3-15-14-5-4-12(2)10-13(14)11-16-6-8-19(17,18)9-7-16/h12-15H,3-11H2,1-2H3. The first-order valence-corrected chi connectivity index (χ1v) is 9.48. The molecule has 0 spiro atoms. The van der Waals surface area contributed by atoms with Crippen molar-refractivity contribution < 1.29 is 8.42 Å². The Bertz CT molecular complexity index is 369. The molecule has 2 fully saturated rings. The average molecular weight is 288 g/mol. The van der Waals surface area contributed by atoms with Gasteiger partial charge >= 0.3 is 0 Å². The molecule has 1 heterocycles. The highest BCUT2D eigenvalue weighted by atomic mass is 32.2. The van der Waals surface area contributed by atoms with Crippen molar-refractivity contribution in [1.29, 1.82) is 0 Å². The maximum atomic E-state index is 11.5. The van der Waals surface area contributed by atoms with E-state index in [2.05, 4.69) is 24.1 Å². The molecule has 0 aromatic rings. The molecule has 1 saturated carbocycles. The van der Waals surface area contributed by atoms with E-state index in [1.807, 2.05) is 0 Å². The van der Waals surface area contributed by atoms with Crippen LogP contribution in [-0.2, 0) is 9.84 Å². The minimum absolute atomic E-state index is 0.348. The van der Waals surface area contributed by atoms with Crippen molar-refractivity contribution in [2.24, 2.45) is 11.8 Å². The predicted molar refractivity (Wildman–Crippen MR) is 79.1 cm³/mol. The summed E-state index contributed by atoms with van der Waals surface area (Å²) in [6.45, 7) is 8.07. The molecule has 0 radical (unpaired) electrons. The van der Waals surface area contributed by atoms with Crippen LogP contribution in [-0.4, -0.2) is 57.0 Å². The van der Waals surface area contributed by atoms with Crippen molar-refractivity contribution in [3.05, 3.63) is 0 Å². The summed E-state index contributed by atoms with van der Waals surface area (Å²) in [5, 5.41) is 3.62. The van der Waals surface area contributed by atoms with Crippen LogP contribution >= 0.6 is 0 Å². The molecule has 0 amide bonds. The van der Waals surface area contributed by atoms with Crippen molar-refractivity contribution in [1.82, 2.24) is 10.2 Å². The number of hydrogen-bond acceptors (Lipinski definition) is 4. The van der Waals surface area contributed by atoms with Crippen LogP contribution in [0.5, 0.6) is 0 Å². The molecule has 3 atom stereocenters. The largest absolute Gasteiger partial charge is 0.314 e. The molecule has 19 heavy (non-hydrogen) atoms. The van der Waals surface area contributed by atoms with Gasteiger partial charge in [-0.3, -0.25) is 0 Å². The summed E-state index contributed by atoms with van der Waals surface area (Å²) in [6, 6.07) is 0.625. The zero-order chi connectivity index (χ0) is 13.9.